The van der Waals surface area contributed by atoms with Gasteiger partial charge >= 0.3 is 0 Å². The van der Waals surface area contributed by atoms with Crippen LogP contribution in [0.5, 0.6) is 11.5 Å². The first-order chi connectivity index (χ1) is 13.6. The molecular weight excluding hydrogens is 352 g/mol. The summed E-state index contributed by atoms with van der Waals surface area (Å²) in [5, 5.41) is 12.2. The van der Waals surface area contributed by atoms with Crippen LogP contribution in [0.4, 0.5) is 0 Å². The maximum absolute atomic E-state index is 12.4. The van der Waals surface area contributed by atoms with Crippen LogP contribution < -0.4 is 14.8 Å². The molecule has 1 heterocycles. The highest BCUT2D eigenvalue weighted by atomic mass is 16.5. The van der Waals surface area contributed by atoms with Crippen LogP contribution >= 0.6 is 0 Å². The standard InChI is InChI=1S/C23H22N2O3/c1-16-19(13-18-9-6-10-21(27-2)22(18)28-16)14-20(15-24)23(26)25-12-11-17-7-4-3-5-8-17/h3-10,13-14,16H,11-12H2,1-2H3,(H,25,26). The monoisotopic (exact) mass is 374 g/mol. The van der Waals surface area contributed by atoms with Gasteiger partial charge in [0.1, 0.15) is 17.7 Å². The predicted octanol–water partition coefficient (Wildman–Crippen LogP) is 3.67. The van der Waals surface area contributed by atoms with Crippen molar-refractivity contribution in [1.29, 1.82) is 5.26 Å². The van der Waals surface area contributed by atoms with E-state index in [2.05, 4.69) is 5.32 Å². The van der Waals surface area contributed by atoms with Crippen LogP contribution in [-0.2, 0) is 11.2 Å². The Hall–Kier alpha value is -3.52. The number of methoxy groups -OCH3 is 1. The molecule has 1 amide bonds. The van der Waals surface area contributed by atoms with Crippen LogP contribution in [0.25, 0.3) is 6.08 Å². The molecule has 0 bridgehead atoms. The number of fused-ring (bicyclic) bond motifs is 1. The Morgan fingerprint density at radius 1 is 1.25 bits per heavy atom. The number of benzene rings is 2. The van der Waals surface area contributed by atoms with Gasteiger partial charge < -0.3 is 14.8 Å². The molecule has 1 atom stereocenters. The molecule has 0 saturated heterocycles. The number of nitrogens with one attached hydrogen (secondary N) is 1. The minimum absolute atomic E-state index is 0.0566. The van der Waals surface area contributed by atoms with Gasteiger partial charge in [-0.05, 0) is 42.7 Å². The van der Waals surface area contributed by atoms with Gasteiger partial charge in [-0.2, -0.15) is 5.26 Å². The molecule has 142 valence electrons. The van der Waals surface area contributed by atoms with Gasteiger partial charge in [-0.1, -0.05) is 42.5 Å². The van der Waals surface area contributed by atoms with E-state index in [1.807, 2.05) is 67.6 Å². The van der Waals surface area contributed by atoms with Gasteiger partial charge in [-0.15, -0.1) is 0 Å². The van der Waals surface area contributed by atoms with E-state index >= 15 is 0 Å². The minimum Gasteiger partial charge on any atom is -0.493 e. The summed E-state index contributed by atoms with van der Waals surface area (Å²) < 4.78 is 11.3. The van der Waals surface area contributed by atoms with Crippen molar-refractivity contribution in [1.82, 2.24) is 5.32 Å². The molecule has 1 aliphatic heterocycles. The summed E-state index contributed by atoms with van der Waals surface area (Å²) in [7, 11) is 1.59. The summed E-state index contributed by atoms with van der Waals surface area (Å²) in [6.07, 6.45) is 3.91. The molecule has 0 spiro atoms. The summed E-state index contributed by atoms with van der Waals surface area (Å²) in [6, 6.07) is 17.5. The summed E-state index contributed by atoms with van der Waals surface area (Å²) in [6.45, 7) is 2.34. The van der Waals surface area contributed by atoms with Crippen molar-refractivity contribution >= 4 is 12.0 Å². The molecule has 0 saturated carbocycles. The molecule has 0 aromatic heterocycles. The zero-order chi connectivity index (χ0) is 19.9. The van der Waals surface area contributed by atoms with E-state index in [0.717, 1.165) is 16.7 Å². The van der Waals surface area contributed by atoms with Crippen LogP contribution in [-0.4, -0.2) is 25.7 Å². The average Bonchev–Trinajstić information content (AvgIpc) is 2.72. The second-order valence-corrected chi connectivity index (χ2v) is 6.44. The topological polar surface area (TPSA) is 71.3 Å². The van der Waals surface area contributed by atoms with Gasteiger partial charge in [-0.3, -0.25) is 4.79 Å². The number of rotatable bonds is 6. The summed E-state index contributed by atoms with van der Waals surface area (Å²) in [5.74, 6) is 0.936. The van der Waals surface area contributed by atoms with Crippen LogP contribution in [0.2, 0.25) is 0 Å². The second-order valence-electron chi connectivity index (χ2n) is 6.44. The van der Waals surface area contributed by atoms with Crippen molar-refractivity contribution in [3.63, 3.8) is 0 Å². The molecule has 28 heavy (non-hydrogen) atoms. The summed E-state index contributed by atoms with van der Waals surface area (Å²) >= 11 is 0. The quantitative estimate of drug-likeness (QED) is 0.619. The van der Waals surface area contributed by atoms with E-state index in [9.17, 15) is 10.1 Å². The lowest BCUT2D eigenvalue weighted by molar-refractivity contribution is -0.117. The number of carbonyl (C=O) groups excluding carboxylic acids is 1. The molecule has 2 aromatic carbocycles. The summed E-state index contributed by atoms with van der Waals surface area (Å²) in [4.78, 5) is 12.4. The van der Waals surface area contributed by atoms with E-state index in [0.29, 0.717) is 24.5 Å². The highest BCUT2D eigenvalue weighted by Crippen LogP contribution is 2.38. The van der Waals surface area contributed by atoms with Crippen LogP contribution in [0, 0.1) is 11.3 Å². The largest absolute Gasteiger partial charge is 0.493 e. The Morgan fingerprint density at radius 3 is 2.75 bits per heavy atom. The molecule has 0 radical (unpaired) electrons. The highest BCUT2D eigenvalue weighted by Gasteiger charge is 2.22. The van der Waals surface area contributed by atoms with E-state index in [1.54, 1.807) is 13.2 Å². The van der Waals surface area contributed by atoms with Crippen molar-refractivity contribution in [3.05, 3.63) is 76.9 Å². The lowest BCUT2D eigenvalue weighted by Gasteiger charge is -2.24. The molecule has 0 aliphatic carbocycles. The third kappa shape index (κ3) is 4.41. The Morgan fingerprint density at radius 2 is 2.04 bits per heavy atom. The van der Waals surface area contributed by atoms with Crippen LogP contribution in [0.15, 0.2) is 65.8 Å². The maximum Gasteiger partial charge on any atom is 0.261 e. The van der Waals surface area contributed by atoms with E-state index in [-0.39, 0.29) is 17.6 Å². The zero-order valence-electron chi connectivity index (χ0n) is 15.9. The van der Waals surface area contributed by atoms with Crippen molar-refractivity contribution in [2.24, 2.45) is 0 Å². The van der Waals surface area contributed by atoms with Crippen LogP contribution in [0.3, 0.4) is 0 Å². The minimum atomic E-state index is -0.386. The van der Waals surface area contributed by atoms with Gasteiger partial charge in [0.15, 0.2) is 11.5 Å². The number of amides is 1. The number of para-hydroxylation sites is 1. The van der Waals surface area contributed by atoms with Gasteiger partial charge in [0.25, 0.3) is 5.91 Å². The van der Waals surface area contributed by atoms with Crippen molar-refractivity contribution < 1.29 is 14.3 Å². The number of hydrogen-bond acceptors (Lipinski definition) is 4. The lowest BCUT2D eigenvalue weighted by atomic mass is 10.00. The molecule has 1 aliphatic rings. The number of nitriles is 1. The molecule has 3 rings (SSSR count). The highest BCUT2D eigenvalue weighted by molar-refractivity contribution is 5.98. The first kappa shape index (κ1) is 19.2. The Bertz CT molecular complexity index is 956. The van der Waals surface area contributed by atoms with Gasteiger partial charge in [0.2, 0.25) is 0 Å². The zero-order valence-corrected chi connectivity index (χ0v) is 15.9. The molecule has 5 nitrogen and oxygen atoms in total. The SMILES string of the molecule is COc1cccc2c1OC(C)C(C=C(C#N)C(=O)NCCc1ccccc1)=C2. The molecular formula is C23H22N2O3. The van der Waals surface area contributed by atoms with E-state index in [4.69, 9.17) is 9.47 Å². The first-order valence-corrected chi connectivity index (χ1v) is 9.11. The van der Waals surface area contributed by atoms with Crippen LogP contribution in [0.1, 0.15) is 18.1 Å². The molecule has 5 heteroatoms. The van der Waals surface area contributed by atoms with Crippen molar-refractivity contribution in [2.45, 2.75) is 19.4 Å². The molecule has 1 N–H and O–H groups in total. The van der Waals surface area contributed by atoms with E-state index in [1.165, 1.54) is 0 Å². The number of ether oxygens (including phenoxy) is 2. The number of carbonyl (C=O) groups is 1. The first-order valence-electron chi connectivity index (χ1n) is 9.11. The Labute approximate surface area is 164 Å². The second kappa shape index (κ2) is 8.92. The van der Waals surface area contributed by atoms with E-state index < -0.39 is 0 Å². The lowest BCUT2D eigenvalue weighted by Crippen LogP contribution is -2.27. The third-order valence-electron chi connectivity index (χ3n) is 4.53. The van der Waals surface area contributed by atoms with Gasteiger partial charge in [-0.25, -0.2) is 0 Å². The molecule has 0 fully saturated rings. The fourth-order valence-corrected chi connectivity index (χ4v) is 3.01. The molecule has 2 aromatic rings. The van der Waals surface area contributed by atoms with Crippen molar-refractivity contribution in [2.75, 3.05) is 13.7 Å². The van der Waals surface area contributed by atoms with Crippen molar-refractivity contribution in [3.8, 4) is 17.6 Å². The predicted molar refractivity (Wildman–Crippen MR) is 108 cm³/mol. The normalized spacial score (nSPS) is 15.5. The maximum atomic E-state index is 12.4. The average molecular weight is 374 g/mol. The third-order valence-corrected chi connectivity index (χ3v) is 4.53. The van der Waals surface area contributed by atoms with Gasteiger partial charge in [0, 0.05) is 12.1 Å². The number of hydrogen-bond donors (Lipinski definition) is 1. The van der Waals surface area contributed by atoms with Gasteiger partial charge in [0.05, 0.1) is 7.11 Å². The Kier molecular flexibility index (Phi) is 6.13. The fraction of sp³-hybridized carbons (Fsp3) is 0.217. The summed E-state index contributed by atoms with van der Waals surface area (Å²) in [5.41, 5.74) is 2.80. The number of nitrogens with zero attached hydrogens (tertiary/aromatic N) is 1. The molecule has 1 unspecified atom stereocenters. The smallest absolute Gasteiger partial charge is 0.261 e. The Balaban J connectivity index is 1.73. The fourth-order valence-electron chi connectivity index (χ4n) is 3.01.